The summed E-state index contributed by atoms with van der Waals surface area (Å²) >= 11 is 0. The van der Waals surface area contributed by atoms with Gasteiger partial charge in [0.25, 0.3) is 0 Å². The van der Waals surface area contributed by atoms with Crippen molar-refractivity contribution in [1.82, 2.24) is 10.6 Å². The zero-order chi connectivity index (χ0) is 14.9. The van der Waals surface area contributed by atoms with E-state index in [0.29, 0.717) is 5.92 Å². The zero-order valence-electron chi connectivity index (χ0n) is 13.1. The molecule has 3 heteroatoms. The maximum Gasteiger partial charge on any atom is 0.228 e. The second kappa shape index (κ2) is 5.80. The maximum absolute atomic E-state index is 12.9. The molecule has 0 bridgehead atoms. The highest BCUT2D eigenvalue weighted by Crippen LogP contribution is 2.44. The van der Waals surface area contributed by atoms with Crippen LogP contribution in [0.15, 0.2) is 24.3 Å². The molecule has 1 amide bonds. The molecule has 1 aliphatic heterocycles. The van der Waals surface area contributed by atoms with Crippen LogP contribution in [0.2, 0.25) is 0 Å². The lowest BCUT2D eigenvalue weighted by molar-refractivity contribution is -0.134. The molecule has 0 aromatic heterocycles. The summed E-state index contributed by atoms with van der Waals surface area (Å²) in [5.74, 6) is 0.781. The highest BCUT2D eigenvalue weighted by Gasteiger charge is 2.49. The molecule has 1 aromatic carbocycles. The van der Waals surface area contributed by atoms with E-state index in [9.17, 15) is 4.79 Å². The van der Waals surface area contributed by atoms with Crippen molar-refractivity contribution in [3.63, 3.8) is 0 Å². The van der Waals surface area contributed by atoms with E-state index in [1.54, 1.807) is 0 Å². The van der Waals surface area contributed by atoms with Crippen molar-refractivity contribution in [2.45, 2.75) is 45.6 Å². The number of carbonyl (C=O) groups excluding carboxylic acids is 1. The maximum atomic E-state index is 12.9. The van der Waals surface area contributed by atoms with Crippen molar-refractivity contribution in [2.24, 2.45) is 11.3 Å². The summed E-state index contributed by atoms with van der Waals surface area (Å²) in [6.45, 7) is 6.06. The van der Waals surface area contributed by atoms with Crippen molar-refractivity contribution in [3.8, 4) is 0 Å². The van der Waals surface area contributed by atoms with Crippen LogP contribution < -0.4 is 10.6 Å². The number of aryl methyl sites for hydroxylation is 1. The Kier molecular flexibility index (Phi) is 4.03. The van der Waals surface area contributed by atoms with Crippen LogP contribution in [0.25, 0.3) is 0 Å². The van der Waals surface area contributed by atoms with Crippen molar-refractivity contribution in [2.75, 3.05) is 13.1 Å². The normalized spacial score (nSPS) is 29.7. The smallest absolute Gasteiger partial charge is 0.228 e. The van der Waals surface area contributed by atoms with Gasteiger partial charge in [-0.2, -0.15) is 0 Å². The van der Waals surface area contributed by atoms with Crippen LogP contribution in [0.1, 0.15) is 49.8 Å². The summed E-state index contributed by atoms with van der Waals surface area (Å²) in [7, 11) is 0. The number of amides is 1. The summed E-state index contributed by atoms with van der Waals surface area (Å²) in [5, 5.41) is 6.74. The molecule has 1 aromatic rings. The molecule has 2 aliphatic rings. The Hall–Kier alpha value is -1.35. The monoisotopic (exact) mass is 286 g/mol. The van der Waals surface area contributed by atoms with E-state index in [-0.39, 0.29) is 17.4 Å². The molecular weight excluding hydrogens is 260 g/mol. The van der Waals surface area contributed by atoms with Crippen molar-refractivity contribution in [3.05, 3.63) is 35.4 Å². The molecule has 1 aliphatic carbocycles. The molecule has 1 saturated heterocycles. The summed E-state index contributed by atoms with van der Waals surface area (Å²) in [6, 6.07) is 8.39. The third kappa shape index (κ3) is 2.59. The fourth-order valence-corrected chi connectivity index (χ4v) is 4.18. The lowest BCUT2D eigenvalue weighted by atomic mass is 9.67. The lowest BCUT2D eigenvalue weighted by Crippen LogP contribution is -2.48. The number of carbonyl (C=O) groups is 1. The van der Waals surface area contributed by atoms with Crippen molar-refractivity contribution < 1.29 is 4.79 Å². The second-order valence-electron chi connectivity index (χ2n) is 6.78. The highest BCUT2D eigenvalue weighted by atomic mass is 16.2. The van der Waals surface area contributed by atoms with Crippen LogP contribution in [0.5, 0.6) is 0 Å². The van der Waals surface area contributed by atoms with E-state index < -0.39 is 0 Å². The topological polar surface area (TPSA) is 41.1 Å². The summed E-state index contributed by atoms with van der Waals surface area (Å²) in [4.78, 5) is 12.9. The van der Waals surface area contributed by atoms with E-state index >= 15 is 0 Å². The molecule has 3 nitrogen and oxygen atoms in total. The molecular formula is C18H26N2O. The van der Waals surface area contributed by atoms with Gasteiger partial charge in [-0.15, -0.1) is 0 Å². The minimum absolute atomic E-state index is 0.0799. The Balaban J connectivity index is 1.75. The Bertz CT molecular complexity index is 528. The van der Waals surface area contributed by atoms with Crippen LogP contribution in [0, 0.1) is 18.3 Å². The number of benzene rings is 1. The summed E-state index contributed by atoms with van der Waals surface area (Å²) in [5.41, 5.74) is 2.31. The average Bonchev–Trinajstić information content (AvgIpc) is 2.92. The van der Waals surface area contributed by atoms with E-state index in [0.717, 1.165) is 19.5 Å². The highest BCUT2D eigenvalue weighted by molar-refractivity contribution is 5.84. The molecule has 3 rings (SSSR count). The molecule has 2 N–H and O–H groups in total. The molecule has 1 unspecified atom stereocenters. The Morgan fingerprint density at radius 1 is 1.38 bits per heavy atom. The first kappa shape index (κ1) is 14.6. The van der Waals surface area contributed by atoms with Gasteiger partial charge in [-0.25, -0.2) is 0 Å². The number of hydrogen-bond acceptors (Lipinski definition) is 2. The predicted molar refractivity (Wildman–Crippen MR) is 85.0 cm³/mol. The van der Waals surface area contributed by atoms with Gasteiger partial charge in [0.1, 0.15) is 0 Å². The number of nitrogens with one attached hydrogen (secondary N) is 2. The van der Waals surface area contributed by atoms with Crippen LogP contribution in [-0.2, 0) is 4.79 Å². The van der Waals surface area contributed by atoms with Crippen molar-refractivity contribution in [1.29, 1.82) is 0 Å². The lowest BCUT2D eigenvalue weighted by Gasteiger charge is -2.38. The molecule has 3 atom stereocenters. The molecule has 114 valence electrons. The third-order valence-electron chi connectivity index (χ3n) is 5.49. The van der Waals surface area contributed by atoms with Gasteiger partial charge in [-0.05, 0) is 50.3 Å². The van der Waals surface area contributed by atoms with Crippen LogP contribution in [0.4, 0.5) is 0 Å². The van der Waals surface area contributed by atoms with Gasteiger partial charge in [0.2, 0.25) is 5.91 Å². The Morgan fingerprint density at radius 3 is 3.00 bits per heavy atom. The first-order chi connectivity index (χ1) is 10.1. The van der Waals surface area contributed by atoms with Gasteiger partial charge in [-0.3, -0.25) is 4.79 Å². The van der Waals surface area contributed by atoms with Gasteiger partial charge in [0, 0.05) is 6.54 Å². The minimum atomic E-state index is -0.158. The van der Waals surface area contributed by atoms with Gasteiger partial charge in [-0.1, -0.05) is 37.1 Å². The van der Waals surface area contributed by atoms with Crippen LogP contribution in [-0.4, -0.2) is 19.0 Å². The molecule has 2 fully saturated rings. The number of fused-ring (bicyclic) bond motifs is 1. The van der Waals surface area contributed by atoms with Gasteiger partial charge >= 0.3 is 0 Å². The summed E-state index contributed by atoms with van der Waals surface area (Å²) in [6.07, 6.45) is 4.69. The second-order valence-corrected chi connectivity index (χ2v) is 6.78. The SMILES string of the molecule is Cc1ccccc1C(C)NC(=O)[C@@]12CCCC[C@H]1CNC2. The Morgan fingerprint density at radius 2 is 2.19 bits per heavy atom. The Labute approximate surface area is 127 Å². The molecule has 0 radical (unpaired) electrons. The first-order valence-electron chi connectivity index (χ1n) is 8.21. The first-order valence-corrected chi connectivity index (χ1v) is 8.21. The van der Waals surface area contributed by atoms with Gasteiger partial charge in [0.15, 0.2) is 0 Å². The third-order valence-corrected chi connectivity index (χ3v) is 5.49. The van der Waals surface area contributed by atoms with Gasteiger partial charge in [0.05, 0.1) is 11.5 Å². The largest absolute Gasteiger partial charge is 0.349 e. The molecule has 1 heterocycles. The van der Waals surface area contributed by atoms with E-state index in [1.165, 1.54) is 30.4 Å². The van der Waals surface area contributed by atoms with Crippen molar-refractivity contribution >= 4 is 5.91 Å². The number of hydrogen-bond donors (Lipinski definition) is 2. The van der Waals surface area contributed by atoms with E-state index in [4.69, 9.17) is 0 Å². The van der Waals surface area contributed by atoms with Crippen LogP contribution >= 0.6 is 0 Å². The standard InChI is InChI=1S/C18H26N2O/c1-13-7-3-4-9-16(13)14(2)20-17(21)18-10-6-5-8-15(18)11-19-12-18/h3-4,7,9,14-15,19H,5-6,8,10-12H2,1-2H3,(H,20,21)/t14?,15-,18+/m0/s1. The van der Waals surface area contributed by atoms with Crippen LogP contribution in [0.3, 0.4) is 0 Å². The summed E-state index contributed by atoms with van der Waals surface area (Å²) < 4.78 is 0. The van der Waals surface area contributed by atoms with E-state index in [1.807, 2.05) is 12.1 Å². The van der Waals surface area contributed by atoms with E-state index in [2.05, 4.69) is 36.6 Å². The average molecular weight is 286 g/mol. The number of rotatable bonds is 3. The molecule has 1 saturated carbocycles. The molecule has 21 heavy (non-hydrogen) atoms. The predicted octanol–water partition coefficient (Wildman–Crippen LogP) is 2.95. The minimum Gasteiger partial charge on any atom is -0.349 e. The van der Waals surface area contributed by atoms with Gasteiger partial charge < -0.3 is 10.6 Å². The zero-order valence-corrected chi connectivity index (χ0v) is 13.1. The fraction of sp³-hybridized carbons (Fsp3) is 0.611. The fourth-order valence-electron chi connectivity index (χ4n) is 4.18. The quantitative estimate of drug-likeness (QED) is 0.897. The molecule has 0 spiro atoms.